The topological polar surface area (TPSA) is 122 Å². The Morgan fingerprint density at radius 3 is 2.29 bits per heavy atom. The third-order valence-corrected chi connectivity index (χ3v) is 10.6. The van der Waals surface area contributed by atoms with Crippen molar-refractivity contribution in [1.82, 2.24) is 0 Å². The fourth-order valence-corrected chi connectivity index (χ4v) is 7.59. The zero-order chi connectivity index (χ0) is 35.0. The molecule has 0 saturated carbocycles. The lowest BCUT2D eigenvalue weighted by molar-refractivity contribution is -0.134. The molecule has 49 heavy (non-hydrogen) atoms. The Kier molecular flexibility index (Phi) is 12.2. The second kappa shape index (κ2) is 16.5. The zero-order valence-corrected chi connectivity index (χ0v) is 29.6. The Morgan fingerprint density at radius 2 is 1.55 bits per heavy atom. The maximum absolute atomic E-state index is 13.6. The second-order valence-corrected chi connectivity index (χ2v) is 14.7. The van der Waals surface area contributed by atoms with Gasteiger partial charge in [0.25, 0.3) is 27.9 Å². The van der Waals surface area contributed by atoms with Crippen molar-refractivity contribution in [2.75, 3.05) is 21.1 Å². The second-order valence-electron chi connectivity index (χ2n) is 12.6. The summed E-state index contributed by atoms with van der Waals surface area (Å²) in [5.74, 6) is -1.26. The van der Waals surface area contributed by atoms with Crippen LogP contribution >= 0.6 is 11.6 Å². The summed E-state index contributed by atoms with van der Waals surface area (Å²) in [6.07, 6.45) is 9.67. The molecular weight excluding hydrogens is 666 g/mol. The van der Waals surface area contributed by atoms with Crippen molar-refractivity contribution in [1.29, 1.82) is 0 Å². The summed E-state index contributed by atoms with van der Waals surface area (Å²) in [7, 11) is -4.23. The first-order valence-electron chi connectivity index (χ1n) is 17.1. The number of fused-ring (bicyclic) bond motifs is 1. The number of cyclic esters (lactones) is 1. The Hall–Kier alpha value is -4.09. The molecule has 1 fully saturated rings. The van der Waals surface area contributed by atoms with Gasteiger partial charge in [-0.05, 0) is 61.7 Å². The Bertz CT molecular complexity index is 1770. The lowest BCUT2D eigenvalue weighted by Gasteiger charge is -2.24. The van der Waals surface area contributed by atoms with Gasteiger partial charge in [-0.3, -0.25) is 14.3 Å². The molecule has 5 rings (SSSR count). The molecule has 1 saturated heterocycles. The van der Waals surface area contributed by atoms with Crippen LogP contribution in [0.4, 0.5) is 21.9 Å². The van der Waals surface area contributed by atoms with Crippen LogP contribution in [0.25, 0.3) is 0 Å². The number of carbonyl (C=O) groups excluding carboxylic acids is 3. The van der Waals surface area contributed by atoms with Crippen molar-refractivity contribution in [2.45, 2.75) is 102 Å². The number of benzene rings is 3. The number of halogens is 1. The van der Waals surface area contributed by atoms with Crippen LogP contribution in [0.2, 0.25) is 5.02 Å². The molecule has 10 nitrogen and oxygen atoms in total. The van der Waals surface area contributed by atoms with Crippen LogP contribution in [0.1, 0.15) is 83.6 Å². The van der Waals surface area contributed by atoms with Gasteiger partial charge in [-0.15, -0.1) is 0 Å². The SMILES string of the molecule is CCCCCCCCCCCCOc1ccccc1NS(=O)(=O)c1ccc(Cl)c(N2C(=O)OC(C(=O)N3c4ccccc4CC3C)C2=O)c1. The van der Waals surface area contributed by atoms with Crippen molar-refractivity contribution in [3.05, 3.63) is 77.3 Å². The van der Waals surface area contributed by atoms with E-state index in [1.807, 2.05) is 19.1 Å². The minimum absolute atomic E-state index is 0.0718. The molecule has 0 aromatic heterocycles. The predicted molar refractivity (Wildman–Crippen MR) is 191 cm³/mol. The minimum atomic E-state index is -4.23. The van der Waals surface area contributed by atoms with Crippen molar-refractivity contribution in [2.24, 2.45) is 0 Å². The van der Waals surface area contributed by atoms with Gasteiger partial charge in [0.05, 0.1) is 27.9 Å². The monoisotopic (exact) mass is 709 g/mol. The highest BCUT2D eigenvalue weighted by Crippen LogP contribution is 2.37. The number of nitrogens with one attached hydrogen (secondary N) is 1. The number of hydrogen-bond acceptors (Lipinski definition) is 7. The van der Waals surface area contributed by atoms with Crippen molar-refractivity contribution >= 4 is 56.6 Å². The van der Waals surface area contributed by atoms with E-state index in [1.165, 1.54) is 62.0 Å². The summed E-state index contributed by atoms with van der Waals surface area (Å²) in [6, 6.07) is 17.4. The van der Waals surface area contributed by atoms with E-state index in [2.05, 4.69) is 11.6 Å². The van der Waals surface area contributed by atoms with Crippen LogP contribution in [-0.2, 0) is 30.8 Å². The van der Waals surface area contributed by atoms with Gasteiger partial charge in [-0.25, -0.2) is 18.1 Å². The third-order valence-electron chi connectivity index (χ3n) is 8.87. The van der Waals surface area contributed by atoms with E-state index in [-0.39, 0.29) is 27.3 Å². The molecule has 3 aromatic rings. The molecule has 3 amide bonds. The van der Waals surface area contributed by atoms with Crippen LogP contribution in [-0.4, -0.2) is 45.1 Å². The normalized spacial score (nSPS) is 17.3. The number of ether oxygens (including phenoxy) is 2. The molecule has 1 N–H and O–H groups in total. The van der Waals surface area contributed by atoms with Gasteiger partial charge in [-0.2, -0.15) is 0 Å². The van der Waals surface area contributed by atoms with Gasteiger partial charge < -0.3 is 14.4 Å². The standard InChI is InChI=1S/C37H44ClN3O7S/c1-3-4-5-6-7-8-9-10-11-16-23-47-33-20-15-13-18-30(33)39-49(45,46)28-21-22-29(38)32(25-28)41-36(43)34(48-37(41)44)35(42)40-26(2)24-27-17-12-14-19-31(27)40/h12-15,17-22,25-26,34,39H,3-11,16,23-24H2,1-2H3. The fraction of sp³-hybridized carbons (Fsp3) is 0.432. The summed E-state index contributed by atoms with van der Waals surface area (Å²) in [5.41, 5.74) is 1.62. The van der Waals surface area contributed by atoms with Gasteiger partial charge >= 0.3 is 6.09 Å². The molecule has 0 bridgehead atoms. The van der Waals surface area contributed by atoms with Gasteiger partial charge in [0, 0.05) is 11.7 Å². The lowest BCUT2D eigenvalue weighted by atomic mass is 10.1. The summed E-state index contributed by atoms with van der Waals surface area (Å²) in [6.45, 7) is 4.51. The number of amides is 3. The molecule has 2 heterocycles. The quantitative estimate of drug-likeness (QED) is 0.111. The van der Waals surface area contributed by atoms with Gasteiger partial charge in [0.15, 0.2) is 0 Å². The molecule has 0 aliphatic carbocycles. The van der Waals surface area contributed by atoms with Crippen LogP contribution in [0.5, 0.6) is 5.75 Å². The number of carbonyl (C=O) groups is 3. The van der Waals surface area contributed by atoms with Crippen molar-refractivity contribution in [3.63, 3.8) is 0 Å². The number of sulfonamides is 1. The van der Waals surface area contributed by atoms with E-state index in [9.17, 15) is 22.8 Å². The molecule has 2 aliphatic heterocycles. The number of hydrogen-bond donors (Lipinski definition) is 1. The van der Waals surface area contributed by atoms with Gasteiger partial charge in [0.1, 0.15) is 5.75 Å². The molecule has 262 valence electrons. The summed E-state index contributed by atoms with van der Waals surface area (Å²) in [5, 5.41) is -0.0718. The smallest absolute Gasteiger partial charge is 0.422 e. The molecule has 3 aromatic carbocycles. The molecule has 0 spiro atoms. The van der Waals surface area contributed by atoms with E-state index in [0.29, 0.717) is 29.4 Å². The number of anilines is 3. The average molecular weight is 710 g/mol. The molecule has 0 radical (unpaired) electrons. The van der Waals surface area contributed by atoms with E-state index >= 15 is 0 Å². The molecule has 12 heteroatoms. The van der Waals surface area contributed by atoms with Crippen LogP contribution < -0.4 is 19.3 Å². The average Bonchev–Trinajstić information content (AvgIpc) is 3.58. The zero-order valence-electron chi connectivity index (χ0n) is 28.0. The molecule has 2 aliphatic rings. The highest BCUT2D eigenvalue weighted by Gasteiger charge is 2.50. The first-order chi connectivity index (χ1) is 23.6. The lowest BCUT2D eigenvalue weighted by Crippen LogP contribution is -2.46. The number of para-hydroxylation sites is 3. The first kappa shape index (κ1) is 36.2. The third kappa shape index (κ3) is 8.56. The summed E-state index contributed by atoms with van der Waals surface area (Å²) in [4.78, 5) is 41.9. The highest BCUT2D eigenvalue weighted by atomic mass is 35.5. The minimum Gasteiger partial charge on any atom is -0.491 e. The van der Waals surface area contributed by atoms with Crippen LogP contribution in [0.3, 0.4) is 0 Å². The highest BCUT2D eigenvalue weighted by molar-refractivity contribution is 7.92. The summed E-state index contributed by atoms with van der Waals surface area (Å²) < 4.78 is 40.9. The molecule has 2 unspecified atom stereocenters. The maximum Gasteiger partial charge on any atom is 0.422 e. The number of unbranched alkanes of at least 4 members (excludes halogenated alkanes) is 9. The first-order valence-corrected chi connectivity index (χ1v) is 19.0. The Morgan fingerprint density at radius 1 is 0.898 bits per heavy atom. The predicted octanol–water partition coefficient (Wildman–Crippen LogP) is 8.27. The molecular formula is C37H44ClN3O7S. The van der Waals surface area contributed by atoms with Crippen LogP contribution in [0.15, 0.2) is 71.6 Å². The van der Waals surface area contributed by atoms with Gasteiger partial charge in [0.2, 0.25) is 0 Å². The van der Waals surface area contributed by atoms with E-state index in [1.54, 1.807) is 36.4 Å². The number of nitrogens with zero attached hydrogens (tertiary/aromatic N) is 2. The number of imide groups is 1. The van der Waals surface area contributed by atoms with Gasteiger partial charge in [-0.1, -0.05) is 107 Å². The van der Waals surface area contributed by atoms with E-state index in [0.717, 1.165) is 30.9 Å². The maximum atomic E-state index is 13.6. The fourth-order valence-electron chi connectivity index (χ4n) is 6.30. The number of rotatable bonds is 17. The van der Waals surface area contributed by atoms with E-state index in [4.69, 9.17) is 21.1 Å². The Balaban J connectivity index is 1.22. The molecule has 2 atom stereocenters. The van der Waals surface area contributed by atoms with E-state index < -0.39 is 34.0 Å². The Labute approximate surface area is 293 Å². The van der Waals surface area contributed by atoms with Crippen molar-refractivity contribution < 1.29 is 32.3 Å². The largest absolute Gasteiger partial charge is 0.491 e. The van der Waals surface area contributed by atoms with Crippen LogP contribution in [0, 0.1) is 0 Å². The van der Waals surface area contributed by atoms with Crippen molar-refractivity contribution in [3.8, 4) is 5.75 Å². The summed E-state index contributed by atoms with van der Waals surface area (Å²) >= 11 is 6.39.